The smallest absolute Gasteiger partial charge is 0.262 e. The summed E-state index contributed by atoms with van der Waals surface area (Å²) in [5, 5.41) is 4.10. The van der Waals surface area contributed by atoms with E-state index in [-0.39, 0.29) is 17.9 Å². The Balaban J connectivity index is 1.34. The molecule has 0 radical (unpaired) electrons. The quantitative estimate of drug-likeness (QED) is 0.679. The van der Waals surface area contributed by atoms with Crippen molar-refractivity contribution >= 4 is 5.91 Å². The van der Waals surface area contributed by atoms with E-state index >= 15 is 0 Å². The average molecular weight is 375 g/mol. The summed E-state index contributed by atoms with van der Waals surface area (Å²) in [7, 11) is 0. The third kappa shape index (κ3) is 3.38. The molecule has 142 valence electrons. The van der Waals surface area contributed by atoms with Crippen molar-refractivity contribution in [2.75, 3.05) is 13.1 Å². The molecule has 5 rings (SSSR count). The Hall–Kier alpha value is -3.15. The Morgan fingerprint density at radius 1 is 1.04 bits per heavy atom. The van der Waals surface area contributed by atoms with Crippen LogP contribution in [-0.4, -0.2) is 40.1 Å². The summed E-state index contributed by atoms with van der Waals surface area (Å²) < 4.78 is 11.7. The Labute approximate surface area is 163 Å². The highest BCUT2D eigenvalue weighted by atomic mass is 16.5. The highest BCUT2D eigenvalue weighted by molar-refractivity contribution is 5.81. The Bertz CT molecular complexity index is 981. The van der Waals surface area contributed by atoms with E-state index in [0.29, 0.717) is 24.0 Å². The van der Waals surface area contributed by atoms with Crippen molar-refractivity contribution < 1.29 is 14.1 Å². The third-order valence-corrected chi connectivity index (χ3v) is 5.25. The molecular formula is C22H21N3O3. The van der Waals surface area contributed by atoms with Gasteiger partial charge in [0, 0.05) is 24.4 Å². The number of hydrogen-bond donors (Lipinski definition) is 0. The lowest BCUT2D eigenvalue weighted by Gasteiger charge is -2.18. The summed E-state index contributed by atoms with van der Waals surface area (Å²) in [6, 6.07) is 17.4. The molecule has 2 heterocycles. The second-order valence-corrected chi connectivity index (χ2v) is 7.37. The van der Waals surface area contributed by atoms with Crippen LogP contribution in [0.1, 0.15) is 19.3 Å². The maximum absolute atomic E-state index is 12.3. The third-order valence-electron chi connectivity index (χ3n) is 5.25. The molecule has 2 aliphatic rings. The number of amides is 1. The standard InChI is InChI=1S/C22H21N3O3/c26-22(16-10-11-16)25-13-12-17(14-25)27-19-9-5-4-8-18(19)21-23-20(24-28-21)15-6-2-1-3-7-15/h1-9,16-17H,10-14H2. The summed E-state index contributed by atoms with van der Waals surface area (Å²) in [5.41, 5.74) is 1.67. The van der Waals surface area contributed by atoms with Crippen LogP contribution in [0.2, 0.25) is 0 Å². The minimum Gasteiger partial charge on any atom is -0.488 e. The summed E-state index contributed by atoms with van der Waals surface area (Å²) >= 11 is 0. The van der Waals surface area contributed by atoms with Gasteiger partial charge in [-0.25, -0.2) is 0 Å². The van der Waals surface area contributed by atoms with Gasteiger partial charge in [-0.15, -0.1) is 0 Å². The van der Waals surface area contributed by atoms with Crippen molar-refractivity contribution in [2.24, 2.45) is 5.92 Å². The number of ether oxygens (including phenoxy) is 1. The minimum atomic E-state index is -0.0136. The van der Waals surface area contributed by atoms with E-state index in [1.54, 1.807) is 0 Å². The number of nitrogens with zero attached hydrogens (tertiary/aromatic N) is 3. The van der Waals surface area contributed by atoms with Crippen LogP contribution >= 0.6 is 0 Å². The van der Waals surface area contributed by atoms with E-state index in [9.17, 15) is 4.79 Å². The van der Waals surface area contributed by atoms with Crippen LogP contribution in [0, 0.1) is 5.92 Å². The lowest BCUT2D eigenvalue weighted by atomic mass is 10.2. The molecule has 1 saturated heterocycles. The maximum atomic E-state index is 12.3. The van der Waals surface area contributed by atoms with Crippen LogP contribution in [0.25, 0.3) is 22.8 Å². The predicted molar refractivity (Wildman–Crippen MR) is 104 cm³/mol. The number of rotatable bonds is 5. The van der Waals surface area contributed by atoms with Gasteiger partial charge in [-0.1, -0.05) is 47.6 Å². The van der Waals surface area contributed by atoms with E-state index in [1.807, 2.05) is 59.5 Å². The predicted octanol–water partition coefficient (Wildman–Crippen LogP) is 3.79. The molecule has 0 N–H and O–H groups in total. The van der Waals surface area contributed by atoms with Gasteiger partial charge in [-0.05, 0) is 25.0 Å². The zero-order valence-corrected chi connectivity index (χ0v) is 15.5. The van der Waals surface area contributed by atoms with Crippen molar-refractivity contribution in [1.82, 2.24) is 15.0 Å². The van der Waals surface area contributed by atoms with E-state index in [2.05, 4.69) is 10.1 Å². The van der Waals surface area contributed by atoms with Gasteiger partial charge < -0.3 is 14.2 Å². The lowest BCUT2D eigenvalue weighted by molar-refractivity contribution is -0.131. The number of likely N-dealkylation sites (tertiary alicyclic amines) is 1. The molecule has 0 bridgehead atoms. The van der Waals surface area contributed by atoms with E-state index in [4.69, 9.17) is 9.26 Å². The molecule has 1 aromatic heterocycles. The number of aromatic nitrogens is 2. The summed E-state index contributed by atoms with van der Waals surface area (Å²) in [4.78, 5) is 18.7. The Morgan fingerprint density at radius 2 is 1.82 bits per heavy atom. The zero-order valence-electron chi connectivity index (χ0n) is 15.5. The largest absolute Gasteiger partial charge is 0.488 e. The molecule has 6 heteroatoms. The van der Waals surface area contributed by atoms with Gasteiger partial charge in [-0.2, -0.15) is 4.98 Å². The lowest BCUT2D eigenvalue weighted by Crippen LogP contribution is -2.32. The number of para-hydroxylation sites is 1. The van der Waals surface area contributed by atoms with Crippen LogP contribution in [0.3, 0.4) is 0 Å². The van der Waals surface area contributed by atoms with Gasteiger partial charge in [0.05, 0.1) is 12.1 Å². The Kier molecular flexibility index (Phi) is 4.31. The van der Waals surface area contributed by atoms with Crippen LogP contribution in [0.5, 0.6) is 5.75 Å². The number of carbonyl (C=O) groups excluding carboxylic acids is 1. The van der Waals surface area contributed by atoms with E-state index < -0.39 is 0 Å². The monoisotopic (exact) mass is 375 g/mol. The van der Waals surface area contributed by atoms with Crippen LogP contribution in [0.4, 0.5) is 0 Å². The molecule has 28 heavy (non-hydrogen) atoms. The van der Waals surface area contributed by atoms with Gasteiger partial charge in [0.2, 0.25) is 11.7 Å². The summed E-state index contributed by atoms with van der Waals surface area (Å²) in [5.74, 6) is 2.21. The molecule has 1 atom stereocenters. The van der Waals surface area contributed by atoms with Gasteiger partial charge in [0.1, 0.15) is 11.9 Å². The van der Waals surface area contributed by atoms with Crippen molar-refractivity contribution in [3.8, 4) is 28.6 Å². The number of hydrogen-bond acceptors (Lipinski definition) is 5. The first kappa shape index (κ1) is 17.0. The first-order valence-electron chi connectivity index (χ1n) is 9.72. The van der Waals surface area contributed by atoms with Crippen LogP contribution in [0.15, 0.2) is 59.1 Å². The second kappa shape index (κ2) is 7.11. The van der Waals surface area contributed by atoms with Gasteiger partial charge in [-0.3, -0.25) is 4.79 Å². The van der Waals surface area contributed by atoms with Gasteiger partial charge >= 0.3 is 0 Å². The van der Waals surface area contributed by atoms with Crippen molar-refractivity contribution in [2.45, 2.75) is 25.4 Å². The maximum Gasteiger partial charge on any atom is 0.262 e. The summed E-state index contributed by atoms with van der Waals surface area (Å²) in [6.45, 7) is 1.41. The molecule has 3 aromatic rings. The van der Waals surface area contributed by atoms with Crippen molar-refractivity contribution in [3.05, 3.63) is 54.6 Å². The normalized spacial score (nSPS) is 19.0. The zero-order chi connectivity index (χ0) is 18.9. The number of benzene rings is 2. The van der Waals surface area contributed by atoms with E-state index in [0.717, 1.165) is 36.9 Å². The topological polar surface area (TPSA) is 68.5 Å². The molecule has 2 aromatic carbocycles. The fraction of sp³-hybridized carbons (Fsp3) is 0.318. The van der Waals surface area contributed by atoms with Crippen LogP contribution < -0.4 is 4.74 Å². The molecule has 1 saturated carbocycles. The van der Waals surface area contributed by atoms with Crippen molar-refractivity contribution in [3.63, 3.8) is 0 Å². The minimum absolute atomic E-state index is 0.0136. The van der Waals surface area contributed by atoms with Crippen LogP contribution in [-0.2, 0) is 4.79 Å². The molecule has 2 fully saturated rings. The first-order valence-corrected chi connectivity index (χ1v) is 9.72. The number of carbonyl (C=O) groups is 1. The molecule has 0 spiro atoms. The molecule has 1 unspecified atom stereocenters. The SMILES string of the molecule is O=C(C1CC1)N1CCC(Oc2ccccc2-c2nc(-c3ccccc3)no2)C1. The van der Waals surface area contributed by atoms with E-state index in [1.165, 1.54) is 0 Å². The first-order chi connectivity index (χ1) is 13.8. The highest BCUT2D eigenvalue weighted by Gasteiger charge is 2.37. The highest BCUT2D eigenvalue weighted by Crippen LogP contribution is 2.34. The Morgan fingerprint density at radius 3 is 2.64 bits per heavy atom. The molecule has 1 aliphatic heterocycles. The average Bonchev–Trinajstić information content (AvgIpc) is 3.29. The van der Waals surface area contributed by atoms with Crippen molar-refractivity contribution in [1.29, 1.82) is 0 Å². The molecule has 1 amide bonds. The fourth-order valence-corrected chi connectivity index (χ4v) is 3.58. The molecular weight excluding hydrogens is 354 g/mol. The van der Waals surface area contributed by atoms with Gasteiger partial charge in [0.15, 0.2) is 0 Å². The van der Waals surface area contributed by atoms with Gasteiger partial charge in [0.25, 0.3) is 5.89 Å². The fourth-order valence-electron chi connectivity index (χ4n) is 3.58. The molecule has 1 aliphatic carbocycles. The second-order valence-electron chi connectivity index (χ2n) is 7.37. The molecule has 6 nitrogen and oxygen atoms in total. The summed E-state index contributed by atoms with van der Waals surface area (Å²) in [6.07, 6.45) is 2.89.